The molecule has 106 valence electrons. The molecule has 1 N–H and O–H groups in total. The van der Waals surface area contributed by atoms with Gasteiger partial charge >= 0.3 is 5.97 Å². The van der Waals surface area contributed by atoms with Gasteiger partial charge in [-0.15, -0.1) is 0 Å². The van der Waals surface area contributed by atoms with Gasteiger partial charge in [-0.05, 0) is 57.5 Å². The van der Waals surface area contributed by atoms with Crippen LogP contribution in [0.5, 0.6) is 0 Å². The third-order valence-corrected chi connectivity index (χ3v) is 3.94. The number of aromatic nitrogens is 2. The summed E-state index contributed by atoms with van der Waals surface area (Å²) in [5.74, 6) is -0.880. The molecular weight excluding hydrogens is 320 g/mol. The molecule has 0 radical (unpaired) electrons. The Morgan fingerprint density at radius 1 is 1.30 bits per heavy atom. The zero-order valence-electron chi connectivity index (χ0n) is 11.9. The van der Waals surface area contributed by atoms with E-state index in [4.69, 9.17) is 0 Å². The molecule has 0 atom stereocenters. The SMILES string of the molecule is Cc1cc(Br)ccc1-n1nc(C(C)(C)C(=O)O)cc1C. The maximum atomic E-state index is 11.3. The van der Waals surface area contributed by atoms with Gasteiger partial charge in [-0.3, -0.25) is 4.79 Å². The van der Waals surface area contributed by atoms with E-state index in [1.54, 1.807) is 18.5 Å². The van der Waals surface area contributed by atoms with Crippen LogP contribution in [0.25, 0.3) is 5.69 Å². The molecule has 2 aromatic rings. The summed E-state index contributed by atoms with van der Waals surface area (Å²) in [6.07, 6.45) is 0. The van der Waals surface area contributed by atoms with Crippen LogP contribution in [0.4, 0.5) is 0 Å². The fourth-order valence-electron chi connectivity index (χ4n) is 1.99. The number of halogens is 1. The molecule has 0 saturated heterocycles. The van der Waals surface area contributed by atoms with Crippen LogP contribution in [0.2, 0.25) is 0 Å². The summed E-state index contributed by atoms with van der Waals surface area (Å²) in [7, 11) is 0. The second-order valence-electron chi connectivity index (χ2n) is 5.44. The maximum absolute atomic E-state index is 11.3. The van der Waals surface area contributed by atoms with Gasteiger partial charge in [0.05, 0.1) is 11.4 Å². The van der Waals surface area contributed by atoms with Gasteiger partial charge in [0.25, 0.3) is 0 Å². The van der Waals surface area contributed by atoms with Crippen molar-refractivity contribution >= 4 is 21.9 Å². The highest BCUT2D eigenvalue weighted by Gasteiger charge is 2.32. The van der Waals surface area contributed by atoms with Crippen molar-refractivity contribution in [3.05, 3.63) is 45.7 Å². The van der Waals surface area contributed by atoms with E-state index < -0.39 is 11.4 Å². The molecule has 1 aromatic carbocycles. The van der Waals surface area contributed by atoms with Crippen LogP contribution in [0.15, 0.2) is 28.7 Å². The van der Waals surface area contributed by atoms with Crippen LogP contribution in [-0.2, 0) is 10.2 Å². The molecule has 0 aliphatic rings. The van der Waals surface area contributed by atoms with Crippen molar-refractivity contribution in [2.24, 2.45) is 0 Å². The Kier molecular flexibility index (Phi) is 3.73. The van der Waals surface area contributed by atoms with Crippen LogP contribution in [0.3, 0.4) is 0 Å². The van der Waals surface area contributed by atoms with Gasteiger partial charge in [0.1, 0.15) is 5.41 Å². The molecule has 0 bridgehead atoms. The molecule has 0 saturated carbocycles. The molecule has 20 heavy (non-hydrogen) atoms. The van der Waals surface area contributed by atoms with Gasteiger partial charge < -0.3 is 5.11 Å². The van der Waals surface area contributed by atoms with E-state index in [-0.39, 0.29) is 0 Å². The molecule has 0 aliphatic carbocycles. The Morgan fingerprint density at radius 2 is 1.95 bits per heavy atom. The number of hydrogen-bond acceptors (Lipinski definition) is 2. The Hall–Kier alpha value is -1.62. The Balaban J connectivity index is 2.55. The van der Waals surface area contributed by atoms with Gasteiger partial charge in [0.15, 0.2) is 0 Å². The predicted octanol–water partition coefficient (Wildman–Crippen LogP) is 3.61. The minimum atomic E-state index is -1.00. The van der Waals surface area contributed by atoms with Crippen molar-refractivity contribution in [2.75, 3.05) is 0 Å². The standard InChI is InChI=1S/C15H17BrN2O2/c1-9-7-11(16)5-6-12(9)18-10(2)8-13(17-18)15(3,4)14(19)20/h5-8H,1-4H3,(H,19,20). The molecule has 0 unspecified atom stereocenters. The molecule has 5 heteroatoms. The first kappa shape index (κ1) is 14.8. The third kappa shape index (κ3) is 2.50. The Morgan fingerprint density at radius 3 is 2.50 bits per heavy atom. The fourth-order valence-corrected chi connectivity index (χ4v) is 2.47. The molecule has 0 aliphatic heterocycles. The summed E-state index contributed by atoms with van der Waals surface area (Å²) in [6, 6.07) is 7.76. The molecule has 1 heterocycles. The molecule has 0 fully saturated rings. The average Bonchev–Trinajstić information content (AvgIpc) is 2.72. The number of carbonyl (C=O) groups is 1. The van der Waals surface area contributed by atoms with E-state index in [0.717, 1.165) is 21.4 Å². The fraction of sp³-hybridized carbons (Fsp3) is 0.333. The average molecular weight is 337 g/mol. The summed E-state index contributed by atoms with van der Waals surface area (Å²) in [5, 5.41) is 13.8. The summed E-state index contributed by atoms with van der Waals surface area (Å²) in [5.41, 5.74) is 2.51. The smallest absolute Gasteiger partial charge is 0.315 e. The van der Waals surface area contributed by atoms with Crippen LogP contribution in [0.1, 0.15) is 30.8 Å². The first-order valence-electron chi connectivity index (χ1n) is 6.30. The van der Waals surface area contributed by atoms with E-state index in [0.29, 0.717) is 5.69 Å². The van der Waals surface area contributed by atoms with E-state index in [1.165, 1.54) is 0 Å². The monoisotopic (exact) mass is 336 g/mol. The zero-order chi connectivity index (χ0) is 15.1. The number of carboxylic acids is 1. The molecular formula is C15H17BrN2O2. The largest absolute Gasteiger partial charge is 0.481 e. The lowest BCUT2D eigenvalue weighted by Gasteiger charge is -2.15. The quantitative estimate of drug-likeness (QED) is 0.931. The van der Waals surface area contributed by atoms with Crippen LogP contribution < -0.4 is 0 Å². The number of rotatable bonds is 3. The van der Waals surface area contributed by atoms with Gasteiger partial charge in [-0.25, -0.2) is 4.68 Å². The van der Waals surface area contributed by atoms with Crippen molar-refractivity contribution < 1.29 is 9.90 Å². The third-order valence-electron chi connectivity index (χ3n) is 3.45. The molecule has 2 rings (SSSR count). The van der Waals surface area contributed by atoms with Crippen molar-refractivity contribution in [2.45, 2.75) is 33.1 Å². The van der Waals surface area contributed by atoms with Crippen molar-refractivity contribution in [1.82, 2.24) is 9.78 Å². The van der Waals surface area contributed by atoms with Crippen LogP contribution >= 0.6 is 15.9 Å². The second kappa shape index (κ2) is 5.05. The van der Waals surface area contributed by atoms with Crippen molar-refractivity contribution in [1.29, 1.82) is 0 Å². The van der Waals surface area contributed by atoms with E-state index in [9.17, 15) is 9.90 Å². The lowest BCUT2D eigenvalue weighted by molar-refractivity contribution is -0.142. The molecule has 4 nitrogen and oxygen atoms in total. The van der Waals surface area contributed by atoms with Crippen LogP contribution in [-0.4, -0.2) is 20.9 Å². The van der Waals surface area contributed by atoms with Gasteiger partial charge in [-0.2, -0.15) is 5.10 Å². The molecule has 1 aromatic heterocycles. The van der Waals surface area contributed by atoms with Gasteiger partial charge in [-0.1, -0.05) is 15.9 Å². The lowest BCUT2D eigenvalue weighted by Crippen LogP contribution is -2.29. The first-order chi connectivity index (χ1) is 9.23. The number of nitrogens with zero attached hydrogens (tertiary/aromatic N) is 2. The van der Waals surface area contributed by atoms with Gasteiger partial charge in [0, 0.05) is 10.2 Å². The number of aliphatic carboxylic acids is 1. The normalized spacial score (nSPS) is 11.7. The highest BCUT2D eigenvalue weighted by molar-refractivity contribution is 9.10. The predicted molar refractivity (Wildman–Crippen MR) is 81.4 cm³/mol. The minimum Gasteiger partial charge on any atom is -0.481 e. The summed E-state index contributed by atoms with van der Waals surface area (Å²) >= 11 is 3.44. The summed E-state index contributed by atoms with van der Waals surface area (Å²) in [4.78, 5) is 11.3. The highest BCUT2D eigenvalue weighted by Crippen LogP contribution is 2.26. The number of benzene rings is 1. The zero-order valence-corrected chi connectivity index (χ0v) is 13.5. The summed E-state index contributed by atoms with van der Waals surface area (Å²) < 4.78 is 2.80. The van der Waals surface area contributed by atoms with E-state index in [2.05, 4.69) is 21.0 Å². The minimum absolute atomic E-state index is 0.560. The first-order valence-corrected chi connectivity index (χ1v) is 7.10. The van der Waals surface area contributed by atoms with Gasteiger partial charge in [0.2, 0.25) is 0 Å². The van der Waals surface area contributed by atoms with E-state index >= 15 is 0 Å². The van der Waals surface area contributed by atoms with Crippen LogP contribution in [0, 0.1) is 13.8 Å². The highest BCUT2D eigenvalue weighted by atomic mass is 79.9. The summed E-state index contributed by atoms with van der Waals surface area (Å²) in [6.45, 7) is 7.25. The Labute approximate surface area is 126 Å². The second-order valence-corrected chi connectivity index (χ2v) is 6.36. The van der Waals surface area contributed by atoms with E-state index in [1.807, 2.05) is 38.1 Å². The maximum Gasteiger partial charge on any atom is 0.315 e. The number of hydrogen-bond donors (Lipinski definition) is 1. The molecule has 0 amide bonds. The topological polar surface area (TPSA) is 55.1 Å². The van der Waals surface area contributed by atoms with Crippen molar-refractivity contribution in [3.63, 3.8) is 0 Å². The van der Waals surface area contributed by atoms with Crippen molar-refractivity contribution in [3.8, 4) is 5.69 Å². The lowest BCUT2D eigenvalue weighted by atomic mass is 9.89. The Bertz CT molecular complexity index is 675. The number of aryl methyl sites for hydroxylation is 2. The number of carboxylic acid groups (broad SMARTS) is 1. The molecule has 0 spiro atoms.